The number of ether oxygens (including phenoxy) is 1. The van der Waals surface area contributed by atoms with Crippen molar-refractivity contribution in [2.45, 2.75) is 40.2 Å². The Kier molecular flexibility index (Phi) is 8.41. The molecule has 0 aliphatic carbocycles. The number of halogens is 1. The Balaban J connectivity index is 2.36. The zero-order chi connectivity index (χ0) is 24.0. The van der Waals surface area contributed by atoms with E-state index >= 15 is 0 Å². The monoisotopic (exact) mass is 467 g/mol. The number of nitrogens with two attached hydrogens (primary N) is 1. The molecule has 32 heavy (non-hydrogen) atoms. The Morgan fingerprint density at radius 1 is 1.38 bits per heavy atom. The van der Waals surface area contributed by atoms with Crippen LogP contribution in [0.5, 0.6) is 5.75 Å². The van der Waals surface area contributed by atoms with Crippen LogP contribution in [-0.2, 0) is 11.3 Å². The maximum absolute atomic E-state index is 13.0. The summed E-state index contributed by atoms with van der Waals surface area (Å²) >= 11 is 6.01. The van der Waals surface area contributed by atoms with E-state index in [1.54, 1.807) is 0 Å². The van der Waals surface area contributed by atoms with Gasteiger partial charge >= 0.3 is 5.69 Å². The zero-order valence-electron chi connectivity index (χ0n) is 18.1. The fourth-order valence-electron chi connectivity index (χ4n) is 3.00. The standard InChI is InChI=1S/C20H26ClN5O6/c1-4-5-8-24(17-18(22)25(10-12(2)3)20(29)23-19(17)28)16(27)11-32-15-7-6-13(26(30)31)9-14(15)21/h6-7,9,12H,4-5,8,10-11,22H2,1-3H3,(H,23,28,29). The van der Waals surface area contributed by atoms with Crippen molar-refractivity contribution in [1.29, 1.82) is 0 Å². The van der Waals surface area contributed by atoms with Crippen LogP contribution in [0.4, 0.5) is 17.2 Å². The number of aromatic nitrogens is 2. The molecule has 1 amide bonds. The van der Waals surface area contributed by atoms with Crippen molar-refractivity contribution in [3.05, 3.63) is 54.2 Å². The van der Waals surface area contributed by atoms with Gasteiger partial charge in [-0.2, -0.15) is 0 Å². The molecule has 0 aliphatic heterocycles. The van der Waals surface area contributed by atoms with E-state index in [1.165, 1.54) is 21.6 Å². The number of nitrogens with zero attached hydrogens (tertiary/aromatic N) is 3. The van der Waals surface area contributed by atoms with E-state index in [2.05, 4.69) is 4.98 Å². The fourth-order valence-corrected chi connectivity index (χ4v) is 3.23. The molecule has 12 heteroatoms. The molecule has 0 atom stereocenters. The molecule has 0 saturated heterocycles. The molecule has 1 heterocycles. The van der Waals surface area contributed by atoms with Crippen LogP contribution in [-0.4, -0.2) is 33.5 Å². The number of hydrogen-bond donors (Lipinski definition) is 2. The van der Waals surface area contributed by atoms with Gasteiger partial charge in [0.2, 0.25) is 0 Å². The summed E-state index contributed by atoms with van der Waals surface area (Å²) in [6.07, 6.45) is 1.31. The van der Waals surface area contributed by atoms with E-state index in [0.29, 0.717) is 6.42 Å². The minimum absolute atomic E-state index is 0.0325. The largest absolute Gasteiger partial charge is 0.482 e. The lowest BCUT2D eigenvalue weighted by molar-refractivity contribution is -0.384. The minimum atomic E-state index is -0.773. The number of non-ortho nitro benzene ring substituents is 1. The van der Waals surface area contributed by atoms with Gasteiger partial charge in [-0.15, -0.1) is 0 Å². The number of benzene rings is 1. The van der Waals surface area contributed by atoms with Gasteiger partial charge in [-0.1, -0.05) is 38.8 Å². The van der Waals surface area contributed by atoms with Gasteiger partial charge in [-0.05, 0) is 18.4 Å². The second kappa shape index (κ2) is 10.8. The van der Waals surface area contributed by atoms with Crippen LogP contribution in [0, 0.1) is 16.0 Å². The molecule has 0 radical (unpaired) electrons. The summed E-state index contributed by atoms with van der Waals surface area (Å²) in [6.45, 7) is 5.64. The summed E-state index contributed by atoms with van der Waals surface area (Å²) < 4.78 is 6.67. The van der Waals surface area contributed by atoms with Gasteiger partial charge in [0, 0.05) is 25.2 Å². The van der Waals surface area contributed by atoms with E-state index in [0.717, 1.165) is 12.5 Å². The lowest BCUT2D eigenvalue weighted by Gasteiger charge is -2.25. The number of aromatic amines is 1. The molecule has 1 aromatic carbocycles. The van der Waals surface area contributed by atoms with Crippen LogP contribution >= 0.6 is 11.6 Å². The molecule has 0 saturated carbocycles. The highest BCUT2D eigenvalue weighted by molar-refractivity contribution is 6.32. The average molecular weight is 468 g/mol. The summed E-state index contributed by atoms with van der Waals surface area (Å²) in [4.78, 5) is 51.4. The smallest absolute Gasteiger partial charge is 0.330 e. The van der Waals surface area contributed by atoms with Crippen molar-refractivity contribution in [3.63, 3.8) is 0 Å². The summed E-state index contributed by atoms with van der Waals surface area (Å²) in [5.74, 6) is -0.543. The number of carbonyl (C=O) groups excluding carboxylic acids is 1. The quantitative estimate of drug-likeness (QED) is 0.402. The molecule has 3 N–H and O–H groups in total. The highest BCUT2D eigenvalue weighted by Crippen LogP contribution is 2.29. The van der Waals surface area contributed by atoms with Crippen LogP contribution in [0.3, 0.4) is 0 Å². The third-order valence-corrected chi connectivity index (χ3v) is 4.84. The number of nitrogen functional groups attached to an aromatic ring is 1. The van der Waals surface area contributed by atoms with E-state index in [4.69, 9.17) is 22.1 Å². The number of amides is 1. The highest BCUT2D eigenvalue weighted by atomic mass is 35.5. The second-order valence-electron chi connectivity index (χ2n) is 7.56. The lowest BCUT2D eigenvalue weighted by Crippen LogP contribution is -2.43. The van der Waals surface area contributed by atoms with Gasteiger partial charge in [-0.3, -0.25) is 29.3 Å². The van der Waals surface area contributed by atoms with Gasteiger partial charge in [0.05, 0.1) is 9.95 Å². The molecule has 0 spiro atoms. The van der Waals surface area contributed by atoms with Crippen molar-refractivity contribution in [3.8, 4) is 5.75 Å². The van der Waals surface area contributed by atoms with Gasteiger partial charge < -0.3 is 15.4 Å². The number of H-pyrrole nitrogens is 1. The van der Waals surface area contributed by atoms with E-state index in [-0.39, 0.29) is 47.0 Å². The molecule has 0 unspecified atom stereocenters. The van der Waals surface area contributed by atoms with E-state index in [1.807, 2.05) is 20.8 Å². The van der Waals surface area contributed by atoms with Crippen molar-refractivity contribution >= 4 is 34.7 Å². The summed E-state index contributed by atoms with van der Waals surface area (Å²) in [7, 11) is 0. The van der Waals surface area contributed by atoms with Crippen LogP contribution in [0.1, 0.15) is 33.6 Å². The predicted octanol–water partition coefficient (Wildman–Crippen LogP) is 2.55. The molecule has 0 fully saturated rings. The zero-order valence-corrected chi connectivity index (χ0v) is 18.8. The molecule has 2 aromatic rings. The van der Waals surface area contributed by atoms with Crippen LogP contribution in [0.25, 0.3) is 0 Å². The number of nitro groups is 1. The minimum Gasteiger partial charge on any atom is -0.482 e. The molecular formula is C20H26ClN5O6. The van der Waals surface area contributed by atoms with Crippen LogP contribution < -0.4 is 26.6 Å². The Morgan fingerprint density at radius 2 is 2.06 bits per heavy atom. The first-order chi connectivity index (χ1) is 15.1. The van der Waals surface area contributed by atoms with E-state index in [9.17, 15) is 24.5 Å². The maximum Gasteiger partial charge on any atom is 0.330 e. The molecule has 2 rings (SSSR count). The van der Waals surface area contributed by atoms with Crippen molar-refractivity contribution in [2.24, 2.45) is 5.92 Å². The first-order valence-corrected chi connectivity index (χ1v) is 10.4. The summed E-state index contributed by atoms with van der Waals surface area (Å²) in [6, 6.07) is 3.60. The molecule has 1 aromatic heterocycles. The molecular weight excluding hydrogens is 442 g/mol. The maximum atomic E-state index is 13.0. The Hall–Kier alpha value is -3.34. The SMILES string of the molecule is CCCCN(C(=O)COc1ccc([N+](=O)[O-])cc1Cl)c1c(N)n(CC(C)C)c(=O)[nH]c1=O. The number of carbonyl (C=O) groups is 1. The Labute approximate surface area is 188 Å². The molecule has 11 nitrogen and oxygen atoms in total. The number of unbranched alkanes of at least 4 members (excludes halogenated alkanes) is 1. The average Bonchev–Trinajstić information content (AvgIpc) is 2.71. The number of rotatable bonds is 10. The Bertz CT molecular complexity index is 1110. The first kappa shape index (κ1) is 24.9. The summed E-state index contributed by atoms with van der Waals surface area (Å²) in [5, 5.41) is 10.8. The topological polar surface area (TPSA) is 154 Å². The Morgan fingerprint density at radius 3 is 2.62 bits per heavy atom. The molecule has 0 aliphatic rings. The first-order valence-electron chi connectivity index (χ1n) is 10.1. The second-order valence-corrected chi connectivity index (χ2v) is 7.96. The van der Waals surface area contributed by atoms with Gasteiger partial charge in [0.1, 0.15) is 11.6 Å². The van der Waals surface area contributed by atoms with Gasteiger partial charge in [-0.25, -0.2) is 4.79 Å². The highest BCUT2D eigenvalue weighted by Gasteiger charge is 2.25. The number of anilines is 2. The summed E-state index contributed by atoms with van der Waals surface area (Å²) in [5.41, 5.74) is 4.38. The van der Waals surface area contributed by atoms with Crippen molar-refractivity contribution < 1.29 is 14.5 Å². The normalized spacial score (nSPS) is 10.9. The lowest BCUT2D eigenvalue weighted by atomic mass is 10.2. The molecule has 174 valence electrons. The van der Waals surface area contributed by atoms with Gasteiger partial charge in [0.25, 0.3) is 17.2 Å². The van der Waals surface area contributed by atoms with Gasteiger partial charge in [0.15, 0.2) is 12.3 Å². The number of hydrogen-bond acceptors (Lipinski definition) is 7. The fraction of sp³-hybridized carbons (Fsp3) is 0.450. The van der Waals surface area contributed by atoms with Crippen LogP contribution in [0.15, 0.2) is 27.8 Å². The predicted molar refractivity (Wildman–Crippen MR) is 121 cm³/mol. The number of nitrogens with one attached hydrogen (secondary N) is 1. The van der Waals surface area contributed by atoms with Crippen molar-refractivity contribution in [1.82, 2.24) is 9.55 Å². The third kappa shape index (κ3) is 5.88. The molecule has 0 bridgehead atoms. The van der Waals surface area contributed by atoms with E-state index < -0.39 is 28.7 Å². The third-order valence-electron chi connectivity index (χ3n) is 4.55. The van der Waals surface area contributed by atoms with Crippen molar-refractivity contribution in [2.75, 3.05) is 23.8 Å². The number of nitro benzene ring substituents is 1. The van der Waals surface area contributed by atoms with Crippen LogP contribution in [0.2, 0.25) is 5.02 Å².